The Morgan fingerprint density at radius 1 is 1.14 bits per heavy atom. The number of benzene rings is 3. The fourth-order valence-electron chi connectivity index (χ4n) is 3.48. The summed E-state index contributed by atoms with van der Waals surface area (Å²) < 4.78 is 7.19. The third kappa shape index (κ3) is 5.84. The standard InChI is InChI=1S/C25H22ClN5O4S/c1-16-6-9-19(26)13-22(16)30-23(14-27-24(32)18-7-10-20(11-8-18)31(33)34)28-29-25(30)36-15-17-4-3-5-21(12-17)35-2/h3-13H,14-15H2,1-2H3,(H,27,32). The first kappa shape index (κ1) is 25.2. The lowest BCUT2D eigenvalue weighted by Gasteiger charge is -2.14. The molecular weight excluding hydrogens is 502 g/mol. The second kappa shape index (κ2) is 11.2. The second-order valence-corrected chi connectivity index (χ2v) is 9.17. The van der Waals surface area contributed by atoms with Crippen LogP contribution in [0.1, 0.15) is 27.3 Å². The number of aryl methyl sites for hydroxylation is 1. The first-order valence-corrected chi connectivity index (χ1v) is 12.2. The van der Waals surface area contributed by atoms with Crippen molar-refractivity contribution in [2.75, 3.05) is 7.11 Å². The van der Waals surface area contributed by atoms with E-state index in [4.69, 9.17) is 16.3 Å². The molecule has 0 spiro atoms. The highest BCUT2D eigenvalue weighted by atomic mass is 35.5. The van der Waals surface area contributed by atoms with Gasteiger partial charge in [-0.15, -0.1) is 10.2 Å². The third-order valence-corrected chi connectivity index (χ3v) is 6.60. The van der Waals surface area contributed by atoms with Gasteiger partial charge in [0.2, 0.25) is 0 Å². The van der Waals surface area contributed by atoms with Crippen LogP contribution in [0.4, 0.5) is 5.69 Å². The van der Waals surface area contributed by atoms with Crippen molar-refractivity contribution in [1.82, 2.24) is 20.1 Å². The quantitative estimate of drug-likeness (QED) is 0.178. The van der Waals surface area contributed by atoms with Gasteiger partial charge < -0.3 is 10.1 Å². The van der Waals surface area contributed by atoms with Crippen molar-refractivity contribution in [1.29, 1.82) is 0 Å². The summed E-state index contributed by atoms with van der Waals surface area (Å²) in [5.74, 6) is 1.54. The lowest BCUT2D eigenvalue weighted by molar-refractivity contribution is -0.384. The Morgan fingerprint density at radius 3 is 2.64 bits per heavy atom. The van der Waals surface area contributed by atoms with E-state index in [9.17, 15) is 14.9 Å². The van der Waals surface area contributed by atoms with Gasteiger partial charge in [-0.25, -0.2) is 0 Å². The van der Waals surface area contributed by atoms with Crippen molar-refractivity contribution in [3.8, 4) is 11.4 Å². The van der Waals surface area contributed by atoms with Gasteiger partial charge in [0.1, 0.15) is 5.75 Å². The SMILES string of the molecule is COc1cccc(CSc2nnc(CNC(=O)c3ccc([N+](=O)[O-])cc3)n2-c2cc(Cl)ccc2C)c1. The van der Waals surface area contributed by atoms with E-state index in [1.807, 2.05) is 54.0 Å². The molecule has 1 amide bonds. The number of carbonyl (C=O) groups is 1. The molecular formula is C25H22ClN5O4S. The number of aromatic nitrogens is 3. The van der Waals surface area contributed by atoms with Crippen LogP contribution in [0, 0.1) is 17.0 Å². The van der Waals surface area contributed by atoms with Crippen LogP contribution in [0.5, 0.6) is 5.75 Å². The molecule has 0 aliphatic heterocycles. The maximum Gasteiger partial charge on any atom is 0.269 e. The minimum absolute atomic E-state index is 0.0829. The largest absolute Gasteiger partial charge is 0.497 e. The van der Waals surface area contributed by atoms with E-state index in [2.05, 4.69) is 15.5 Å². The maximum absolute atomic E-state index is 12.7. The molecule has 0 radical (unpaired) electrons. The molecule has 36 heavy (non-hydrogen) atoms. The van der Waals surface area contributed by atoms with Crippen molar-refractivity contribution in [3.05, 3.63) is 104 Å². The van der Waals surface area contributed by atoms with Crippen LogP contribution >= 0.6 is 23.4 Å². The topological polar surface area (TPSA) is 112 Å². The minimum Gasteiger partial charge on any atom is -0.497 e. The molecule has 0 aliphatic rings. The van der Waals surface area contributed by atoms with Crippen molar-refractivity contribution < 1.29 is 14.5 Å². The number of rotatable bonds is 9. The molecule has 0 bridgehead atoms. The van der Waals surface area contributed by atoms with Gasteiger partial charge in [0.25, 0.3) is 11.6 Å². The molecule has 0 saturated heterocycles. The zero-order valence-corrected chi connectivity index (χ0v) is 21.0. The summed E-state index contributed by atoms with van der Waals surface area (Å²) in [5, 5.41) is 23.6. The van der Waals surface area contributed by atoms with E-state index in [0.717, 1.165) is 22.6 Å². The van der Waals surface area contributed by atoms with Gasteiger partial charge in [-0.1, -0.05) is 41.6 Å². The number of nitrogens with one attached hydrogen (secondary N) is 1. The number of thioether (sulfide) groups is 1. The summed E-state index contributed by atoms with van der Waals surface area (Å²) in [7, 11) is 1.63. The molecule has 9 nitrogen and oxygen atoms in total. The molecule has 3 aromatic carbocycles. The summed E-state index contributed by atoms with van der Waals surface area (Å²) in [6, 6.07) is 18.7. The molecule has 1 aromatic heterocycles. The Labute approximate surface area is 216 Å². The first-order chi connectivity index (χ1) is 17.4. The average molecular weight is 524 g/mol. The average Bonchev–Trinajstić information content (AvgIpc) is 3.30. The summed E-state index contributed by atoms with van der Waals surface area (Å²) >= 11 is 7.79. The molecule has 4 aromatic rings. The monoisotopic (exact) mass is 523 g/mol. The molecule has 0 unspecified atom stereocenters. The predicted molar refractivity (Wildman–Crippen MR) is 138 cm³/mol. The Kier molecular flexibility index (Phi) is 7.87. The number of non-ortho nitro benzene ring substituents is 1. The molecule has 4 rings (SSSR count). The fourth-order valence-corrected chi connectivity index (χ4v) is 4.55. The van der Waals surface area contributed by atoms with Crippen LogP contribution in [0.15, 0.2) is 71.9 Å². The summed E-state index contributed by atoms with van der Waals surface area (Å²) in [4.78, 5) is 23.0. The highest BCUT2D eigenvalue weighted by Crippen LogP contribution is 2.29. The lowest BCUT2D eigenvalue weighted by atomic mass is 10.2. The van der Waals surface area contributed by atoms with Gasteiger partial charge in [-0.2, -0.15) is 0 Å². The molecule has 0 saturated carbocycles. The van der Waals surface area contributed by atoms with Crippen molar-refractivity contribution in [2.45, 2.75) is 24.4 Å². The molecule has 0 fully saturated rings. The summed E-state index contributed by atoms with van der Waals surface area (Å²) in [6.45, 7) is 2.05. The van der Waals surface area contributed by atoms with Gasteiger partial charge in [-0.3, -0.25) is 19.5 Å². The maximum atomic E-state index is 12.7. The molecule has 11 heteroatoms. The number of nitro groups is 1. The number of nitrogens with zero attached hydrogens (tertiary/aromatic N) is 4. The highest BCUT2D eigenvalue weighted by molar-refractivity contribution is 7.98. The fraction of sp³-hybridized carbons (Fsp3) is 0.160. The van der Waals surface area contributed by atoms with E-state index < -0.39 is 4.92 Å². The van der Waals surface area contributed by atoms with Crippen LogP contribution in [-0.2, 0) is 12.3 Å². The van der Waals surface area contributed by atoms with Crippen molar-refractivity contribution >= 4 is 35.0 Å². The number of methoxy groups -OCH3 is 1. The molecule has 1 heterocycles. The van der Waals surface area contributed by atoms with Gasteiger partial charge in [0.15, 0.2) is 11.0 Å². The number of hydrogen-bond donors (Lipinski definition) is 1. The van der Waals surface area contributed by atoms with Crippen LogP contribution < -0.4 is 10.1 Å². The van der Waals surface area contributed by atoms with E-state index in [-0.39, 0.29) is 18.1 Å². The van der Waals surface area contributed by atoms with Gasteiger partial charge >= 0.3 is 0 Å². The zero-order valence-electron chi connectivity index (χ0n) is 19.5. The van der Waals surface area contributed by atoms with Gasteiger partial charge in [0, 0.05) is 28.5 Å². The van der Waals surface area contributed by atoms with Gasteiger partial charge in [0.05, 0.1) is 24.3 Å². The number of nitro benzene ring substituents is 1. The van der Waals surface area contributed by atoms with E-state index in [1.165, 1.54) is 36.0 Å². The Balaban J connectivity index is 1.59. The third-order valence-electron chi connectivity index (χ3n) is 5.36. The smallest absolute Gasteiger partial charge is 0.269 e. The van der Waals surface area contributed by atoms with Crippen LogP contribution in [0.25, 0.3) is 5.69 Å². The van der Waals surface area contributed by atoms with Gasteiger partial charge in [-0.05, 0) is 54.4 Å². The second-order valence-electron chi connectivity index (χ2n) is 7.79. The number of amides is 1. The van der Waals surface area contributed by atoms with Crippen molar-refractivity contribution in [2.24, 2.45) is 0 Å². The molecule has 1 N–H and O–H groups in total. The molecule has 0 atom stereocenters. The van der Waals surface area contributed by atoms with Crippen LogP contribution in [-0.4, -0.2) is 32.7 Å². The summed E-state index contributed by atoms with van der Waals surface area (Å²) in [6.07, 6.45) is 0. The Morgan fingerprint density at radius 2 is 1.92 bits per heavy atom. The Bertz CT molecular complexity index is 1410. The normalized spacial score (nSPS) is 10.8. The van der Waals surface area contributed by atoms with Crippen LogP contribution in [0.2, 0.25) is 5.02 Å². The van der Waals surface area contributed by atoms with E-state index in [0.29, 0.717) is 27.3 Å². The first-order valence-electron chi connectivity index (χ1n) is 10.8. The number of halogens is 1. The zero-order chi connectivity index (χ0) is 25.7. The molecule has 0 aliphatic carbocycles. The number of carbonyl (C=O) groups excluding carboxylic acids is 1. The minimum atomic E-state index is -0.512. The summed E-state index contributed by atoms with van der Waals surface area (Å²) in [5.41, 5.74) is 3.05. The lowest BCUT2D eigenvalue weighted by Crippen LogP contribution is -2.24. The highest BCUT2D eigenvalue weighted by Gasteiger charge is 2.18. The number of hydrogen-bond acceptors (Lipinski definition) is 7. The number of ether oxygens (including phenoxy) is 1. The van der Waals surface area contributed by atoms with E-state index in [1.54, 1.807) is 7.11 Å². The van der Waals surface area contributed by atoms with Crippen LogP contribution in [0.3, 0.4) is 0 Å². The Hall–Kier alpha value is -3.89. The predicted octanol–water partition coefficient (Wildman–Crippen LogP) is 5.37. The van der Waals surface area contributed by atoms with Crippen molar-refractivity contribution in [3.63, 3.8) is 0 Å². The molecule has 184 valence electrons. The van der Waals surface area contributed by atoms with E-state index >= 15 is 0 Å².